The van der Waals surface area contributed by atoms with E-state index in [4.69, 9.17) is 10.9 Å². The molecule has 0 saturated heterocycles. The predicted molar refractivity (Wildman–Crippen MR) is 57.4 cm³/mol. The van der Waals surface area contributed by atoms with E-state index < -0.39 is 0 Å². The van der Waals surface area contributed by atoms with Crippen molar-refractivity contribution in [2.24, 2.45) is 16.8 Å². The first-order valence-electron chi connectivity index (χ1n) is 5.36. The van der Waals surface area contributed by atoms with Crippen LogP contribution in [0.1, 0.15) is 39.5 Å². The highest BCUT2D eigenvalue weighted by atomic mass is 16.4. The lowest BCUT2D eigenvalue weighted by Crippen LogP contribution is -2.43. The lowest BCUT2D eigenvalue weighted by molar-refractivity contribution is 0.229. The van der Waals surface area contributed by atoms with Crippen LogP contribution in [-0.2, 0) is 0 Å². The van der Waals surface area contributed by atoms with E-state index in [1.807, 2.05) is 0 Å². The molecule has 0 bridgehead atoms. The van der Waals surface area contributed by atoms with Crippen molar-refractivity contribution >= 4 is 5.84 Å². The Morgan fingerprint density at radius 3 is 2.64 bits per heavy atom. The van der Waals surface area contributed by atoms with Gasteiger partial charge < -0.3 is 16.3 Å². The van der Waals surface area contributed by atoms with E-state index in [9.17, 15) is 0 Å². The third kappa shape index (κ3) is 3.18. The summed E-state index contributed by atoms with van der Waals surface area (Å²) in [5.41, 5.74) is 5.43. The molecule has 1 aliphatic carbocycles. The van der Waals surface area contributed by atoms with Crippen molar-refractivity contribution in [1.82, 2.24) is 5.32 Å². The summed E-state index contributed by atoms with van der Waals surface area (Å²) in [6.45, 7) is 4.28. The lowest BCUT2D eigenvalue weighted by Gasteiger charge is -2.33. The van der Waals surface area contributed by atoms with E-state index in [2.05, 4.69) is 24.3 Å². The molecular formula is C10H21N3O. The normalized spacial score (nSPS) is 22.9. The Kier molecular flexibility index (Phi) is 4.20. The molecule has 0 spiro atoms. The summed E-state index contributed by atoms with van der Waals surface area (Å²) in [5, 5.41) is 14.9. The maximum atomic E-state index is 8.42. The fourth-order valence-electron chi connectivity index (χ4n) is 1.94. The highest BCUT2D eigenvalue weighted by Crippen LogP contribution is 2.29. The minimum atomic E-state index is 0.279. The Bertz CT molecular complexity index is 202. The van der Waals surface area contributed by atoms with Gasteiger partial charge in [0.1, 0.15) is 5.84 Å². The van der Waals surface area contributed by atoms with Crippen LogP contribution in [0.25, 0.3) is 0 Å². The van der Waals surface area contributed by atoms with Crippen LogP contribution < -0.4 is 11.1 Å². The number of oxime groups is 1. The molecule has 2 unspecified atom stereocenters. The number of nitrogens with zero attached hydrogens (tertiary/aromatic N) is 1. The SMILES string of the molecule is CC(CC(N)=NO)NC(C)C1CCC1. The quantitative estimate of drug-likeness (QED) is 0.270. The highest BCUT2D eigenvalue weighted by Gasteiger charge is 2.24. The predicted octanol–water partition coefficient (Wildman–Crippen LogP) is 1.29. The van der Waals surface area contributed by atoms with Crippen LogP contribution in [0.2, 0.25) is 0 Å². The van der Waals surface area contributed by atoms with Gasteiger partial charge in [-0.2, -0.15) is 0 Å². The fourth-order valence-corrected chi connectivity index (χ4v) is 1.94. The van der Waals surface area contributed by atoms with Crippen molar-refractivity contribution in [1.29, 1.82) is 0 Å². The van der Waals surface area contributed by atoms with Gasteiger partial charge in [-0.1, -0.05) is 11.6 Å². The molecule has 4 heteroatoms. The molecule has 82 valence electrons. The molecule has 2 atom stereocenters. The summed E-state index contributed by atoms with van der Waals surface area (Å²) < 4.78 is 0. The van der Waals surface area contributed by atoms with Crippen molar-refractivity contribution < 1.29 is 5.21 Å². The number of nitrogens with one attached hydrogen (secondary N) is 1. The second-order valence-corrected chi connectivity index (χ2v) is 4.34. The summed E-state index contributed by atoms with van der Waals surface area (Å²) >= 11 is 0. The van der Waals surface area contributed by atoms with Gasteiger partial charge in [0.05, 0.1) is 0 Å². The number of hydrogen-bond donors (Lipinski definition) is 3. The summed E-state index contributed by atoms with van der Waals surface area (Å²) in [7, 11) is 0. The average Bonchev–Trinajstić information content (AvgIpc) is 1.99. The van der Waals surface area contributed by atoms with Crippen molar-refractivity contribution in [2.45, 2.75) is 51.6 Å². The van der Waals surface area contributed by atoms with Crippen LogP contribution in [0.5, 0.6) is 0 Å². The van der Waals surface area contributed by atoms with E-state index in [-0.39, 0.29) is 6.04 Å². The summed E-state index contributed by atoms with van der Waals surface area (Å²) in [6.07, 6.45) is 4.65. The second kappa shape index (κ2) is 5.20. The van der Waals surface area contributed by atoms with Crippen LogP contribution in [0, 0.1) is 5.92 Å². The molecular weight excluding hydrogens is 178 g/mol. The molecule has 0 aromatic carbocycles. The molecule has 4 N–H and O–H groups in total. The Morgan fingerprint density at radius 1 is 1.57 bits per heavy atom. The molecule has 0 radical (unpaired) electrons. The van der Waals surface area contributed by atoms with Gasteiger partial charge in [0.15, 0.2) is 0 Å². The van der Waals surface area contributed by atoms with Gasteiger partial charge in [0.2, 0.25) is 0 Å². The van der Waals surface area contributed by atoms with Crippen LogP contribution in [0.3, 0.4) is 0 Å². The van der Waals surface area contributed by atoms with Gasteiger partial charge >= 0.3 is 0 Å². The molecule has 1 fully saturated rings. The topological polar surface area (TPSA) is 70.6 Å². The van der Waals surface area contributed by atoms with Crippen molar-refractivity contribution in [2.75, 3.05) is 0 Å². The van der Waals surface area contributed by atoms with Crippen LogP contribution in [0.4, 0.5) is 0 Å². The highest BCUT2D eigenvalue weighted by molar-refractivity contribution is 5.80. The Morgan fingerprint density at radius 2 is 2.21 bits per heavy atom. The van der Waals surface area contributed by atoms with Crippen molar-refractivity contribution in [3.8, 4) is 0 Å². The van der Waals surface area contributed by atoms with E-state index in [1.54, 1.807) is 0 Å². The van der Waals surface area contributed by atoms with Crippen LogP contribution >= 0.6 is 0 Å². The minimum Gasteiger partial charge on any atom is -0.409 e. The summed E-state index contributed by atoms with van der Waals surface area (Å²) in [4.78, 5) is 0. The molecule has 1 aliphatic rings. The number of hydrogen-bond acceptors (Lipinski definition) is 3. The monoisotopic (exact) mass is 199 g/mol. The zero-order chi connectivity index (χ0) is 10.6. The number of rotatable bonds is 5. The van der Waals surface area contributed by atoms with Crippen LogP contribution in [0.15, 0.2) is 5.16 Å². The van der Waals surface area contributed by atoms with Crippen molar-refractivity contribution in [3.63, 3.8) is 0 Å². The maximum absolute atomic E-state index is 8.42. The molecule has 0 amide bonds. The molecule has 0 aliphatic heterocycles. The zero-order valence-corrected chi connectivity index (χ0v) is 9.03. The van der Waals surface area contributed by atoms with Gasteiger partial charge in [0.25, 0.3) is 0 Å². The largest absolute Gasteiger partial charge is 0.409 e. The summed E-state index contributed by atoms with van der Waals surface area (Å²) in [6, 6.07) is 0.826. The van der Waals surface area contributed by atoms with Gasteiger partial charge in [0, 0.05) is 18.5 Å². The molecule has 1 rings (SSSR count). The van der Waals surface area contributed by atoms with E-state index in [1.165, 1.54) is 19.3 Å². The average molecular weight is 199 g/mol. The van der Waals surface area contributed by atoms with E-state index >= 15 is 0 Å². The molecule has 0 aromatic heterocycles. The molecule has 14 heavy (non-hydrogen) atoms. The van der Waals surface area contributed by atoms with E-state index in [0.717, 1.165) is 5.92 Å². The van der Waals surface area contributed by atoms with E-state index in [0.29, 0.717) is 18.3 Å². The number of amidine groups is 1. The first-order valence-corrected chi connectivity index (χ1v) is 5.36. The van der Waals surface area contributed by atoms with Crippen molar-refractivity contribution in [3.05, 3.63) is 0 Å². The Labute approximate surface area is 85.6 Å². The third-order valence-corrected chi connectivity index (χ3v) is 3.05. The third-order valence-electron chi connectivity index (χ3n) is 3.05. The van der Waals surface area contributed by atoms with Gasteiger partial charge in [-0.25, -0.2) is 0 Å². The smallest absolute Gasteiger partial charge is 0.140 e. The first-order chi connectivity index (χ1) is 6.63. The Balaban J connectivity index is 2.21. The second-order valence-electron chi connectivity index (χ2n) is 4.34. The maximum Gasteiger partial charge on any atom is 0.140 e. The number of nitrogens with two attached hydrogens (primary N) is 1. The van der Waals surface area contributed by atoms with Gasteiger partial charge in [-0.15, -0.1) is 0 Å². The molecule has 0 heterocycles. The Hall–Kier alpha value is -0.770. The van der Waals surface area contributed by atoms with Crippen LogP contribution in [-0.4, -0.2) is 23.1 Å². The first kappa shape index (κ1) is 11.3. The fraction of sp³-hybridized carbons (Fsp3) is 0.900. The summed E-state index contributed by atoms with van der Waals surface area (Å²) in [5.74, 6) is 1.12. The van der Waals surface area contributed by atoms with Gasteiger partial charge in [-0.3, -0.25) is 0 Å². The minimum absolute atomic E-state index is 0.279. The molecule has 0 aromatic rings. The van der Waals surface area contributed by atoms with Gasteiger partial charge in [-0.05, 0) is 32.6 Å². The molecule has 1 saturated carbocycles. The lowest BCUT2D eigenvalue weighted by atomic mass is 9.80. The standard InChI is InChI=1S/C10H21N3O/c1-7(6-10(11)13-14)12-8(2)9-4-3-5-9/h7-9,12,14H,3-6H2,1-2H3,(H2,11,13). The zero-order valence-electron chi connectivity index (χ0n) is 9.03. The molecule has 4 nitrogen and oxygen atoms in total.